The number of rotatable bonds is 3. The van der Waals surface area contributed by atoms with Crippen LogP contribution < -0.4 is 5.32 Å². The zero-order valence-electron chi connectivity index (χ0n) is 9.74. The third-order valence-electron chi connectivity index (χ3n) is 2.38. The van der Waals surface area contributed by atoms with E-state index in [9.17, 15) is 0 Å². The number of anilines is 1. The predicted octanol–water partition coefficient (Wildman–Crippen LogP) is 2.75. The molecule has 0 saturated carbocycles. The van der Waals surface area contributed by atoms with Crippen LogP contribution in [0.5, 0.6) is 0 Å². The van der Waals surface area contributed by atoms with Crippen molar-refractivity contribution in [3.63, 3.8) is 0 Å². The maximum Gasteiger partial charge on any atom is 0.224 e. The number of pyridine rings is 1. The van der Waals surface area contributed by atoms with Gasteiger partial charge in [-0.2, -0.15) is 0 Å². The van der Waals surface area contributed by atoms with Crippen molar-refractivity contribution in [1.82, 2.24) is 15.0 Å². The molecular formula is C12H13ClN4. The van der Waals surface area contributed by atoms with Gasteiger partial charge < -0.3 is 5.32 Å². The van der Waals surface area contributed by atoms with Gasteiger partial charge in [0.15, 0.2) is 0 Å². The molecule has 5 heteroatoms. The maximum absolute atomic E-state index is 5.79. The van der Waals surface area contributed by atoms with Gasteiger partial charge in [-0.1, -0.05) is 6.07 Å². The number of nitrogens with one attached hydrogen (secondary N) is 1. The van der Waals surface area contributed by atoms with Crippen LogP contribution in [0.25, 0.3) is 0 Å². The van der Waals surface area contributed by atoms with Crippen LogP contribution in [0.15, 0.2) is 24.4 Å². The van der Waals surface area contributed by atoms with E-state index in [1.54, 1.807) is 6.20 Å². The number of hydrogen-bond donors (Lipinski definition) is 1. The molecule has 88 valence electrons. The summed E-state index contributed by atoms with van der Waals surface area (Å²) in [6.07, 6.45) is 1.78. The van der Waals surface area contributed by atoms with E-state index < -0.39 is 0 Å². The standard InChI is InChI=1S/C12H13ClN4/c1-8-4-3-5-14-10(8)7-15-11-6-9(2)16-12(13)17-11/h3-6H,7H2,1-2H3,(H,15,16,17). The van der Waals surface area contributed by atoms with Gasteiger partial charge >= 0.3 is 0 Å². The molecule has 0 aliphatic heterocycles. The number of aryl methyl sites for hydroxylation is 2. The maximum atomic E-state index is 5.79. The van der Waals surface area contributed by atoms with E-state index in [2.05, 4.69) is 20.3 Å². The Bertz CT molecular complexity index is 507. The second kappa shape index (κ2) is 5.10. The smallest absolute Gasteiger partial charge is 0.224 e. The van der Waals surface area contributed by atoms with Crippen molar-refractivity contribution in [3.05, 3.63) is 46.6 Å². The molecule has 0 aromatic carbocycles. The molecule has 17 heavy (non-hydrogen) atoms. The highest BCUT2D eigenvalue weighted by Gasteiger charge is 2.02. The summed E-state index contributed by atoms with van der Waals surface area (Å²) in [5.74, 6) is 0.715. The fraction of sp³-hybridized carbons (Fsp3) is 0.250. The molecule has 0 saturated heterocycles. The average molecular weight is 249 g/mol. The molecule has 0 radical (unpaired) electrons. The minimum Gasteiger partial charge on any atom is -0.364 e. The summed E-state index contributed by atoms with van der Waals surface area (Å²) in [5, 5.41) is 3.44. The van der Waals surface area contributed by atoms with Gasteiger partial charge in [-0.05, 0) is 37.1 Å². The Morgan fingerprint density at radius 2 is 2.12 bits per heavy atom. The molecular weight excluding hydrogens is 236 g/mol. The monoisotopic (exact) mass is 248 g/mol. The molecule has 1 N–H and O–H groups in total. The summed E-state index contributed by atoms with van der Waals surface area (Å²) < 4.78 is 0. The van der Waals surface area contributed by atoms with Crippen molar-refractivity contribution >= 4 is 17.4 Å². The summed E-state index contributed by atoms with van der Waals surface area (Å²) in [5.41, 5.74) is 2.99. The summed E-state index contributed by atoms with van der Waals surface area (Å²) in [4.78, 5) is 12.4. The second-order valence-electron chi connectivity index (χ2n) is 3.78. The number of halogens is 1. The second-order valence-corrected chi connectivity index (χ2v) is 4.12. The Morgan fingerprint density at radius 1 is 1.29 bits per heavy atom. The van der Waals surface area contributed by atoms with E-state index in [1.165, 1.54) is 0 Å². The van der Waals surface area contributed by atoms with Crippen LogP contribution in [0.4, 0.5) is 5.82 Å². The largest absolute Gasteiger partial charge is 0.364 e. The Balaban J connectivity index is 2.10. The van der Waals surface area contributed by atoms with Crippen molar-refractivity contribution in [3.8, 4) is 0 Å². The van der Waals surface area contributed by atoms with E-state index >= 15 is 0 Å². The Labute approximate surface area is 105 Å². The van der Waals surface area contributed by atoms with Crippen molar-refractivity contribution in [2.75, 3.05) is 5.32 Å². The van der Waals surface area contributed by atoms with Gasteiger partial charge in [-0.25, -0.2) is 9.97 Å². The molecule has 0 atom stereocenters. The molecule has 2 heterocycles. The lowest BCUT2D eigenvalue weighted by Gasteiger charge is -2.07. The molecule has 0 aliphatic rings. The zero-order chi connectivity index (χ0) is 12.3. The van der Waals surface area contributed by atoms with E-state index in [1.807, 2.05) is 32.0 Å². The quantitative estimate of drug-likeness (QED) is 0.849. The van der Waals surface area contributed by atoms with Gasteiger partial charge in [0.1, 0.15) is 5.82 Å². The van der Waals surface area contributed by atoms with Crippen LogP contribution in [-0.4, -0.2) is 15.0 Å². The predicted molar refractivity (Wildman–Crippen MR) is 68.1 cm³/mol. The highest BCUT2D eigenvalue weighted by Crippen LogP contribution is 2.11. The Morgan fingerprint density at radius 3 is 2.82 bits per heavy atom. The molecule has 0 unspecified atom stereocenters. The van der Waals surface area contributed by atoms with Gasteiger partial charge in [0.2, 0.25) is 5.28 Å². The van der Waals surface area contributed by atoms with Gasteiger partial charge in [-0.15, -0.1) is 0 Å². The van der Waals surface area contributed by atoms with Gasteiger partial charge in [0.25, 0.3) is 0 Å². The summed E-state index contributed by atoms with van der Waals surface area (Å²) in [6, 6.07) is 5.80. The highest BCUT2D eigenvalue weighted by molar-refractivity contribution is 6.28. The van der Waals surface area contributed by atoms with Crippen LogP contribution in [0.2, 0.25) is 5.28 Å². The lowest BCUT2D eigenvalue weighted by Crippen LogP contribution is -2.05. The number of aromatic nitrogens is 3. The van der Waals surface area contributed by atoms with Crippen LogP contribution in [0.1, 0.15) is 17.0 Å². The van der Waals surface area contributed by atoms with Crippen LogP contribution in [-0.2, 0) is 6.54 Å². The lowest BCUT2D eigenvalue weighted by atomic mass is 10.2. The van der Waals surface area contributed by atoms with Crippen molar-refractivity contribution in [2.45, 2.75) is 20.4 Å². The van der Waals surface area contributed by atoms with E-state index in [4.69, 9.17) is 11.6 Å². The van der Waals surface area contributed by atoms with E-state index in [-0.39, 0.29) is 5.28 Å². The highest BCUT2D eigenvalue weighted by atomic mass is 35.5. The van der Waals surface area contributed by atoms with Crippen molar-refractivity contribution in [2.24, 2.45) is 0 Å². The molecule has 2 rings (SSSR count). The molecule has 2 aromatic heterocycles. The average Bonchev–Trinajstić information content (AvgIpc) is 2.27. The molecule has 0 fully saturated rings. The SMILES string of the molecule is Cc1cc(NCc2ncccc2C)nc(Cl)n1. The molecule has 0 bridgehead atoms. The minimum absolute atomic E-state index is 0.255. The number of nitrogens with zero attached hydrogens (tertiary/aromatic N) is 3. The molecule has 2 aromatic rings. The zero-order valence-corrected chi connectivity index (χ0v) is 10.5. The van der Waals surface area contributed by atoms with Crippen LogP contribution in [0.3, 0.4) is 0 Å². The van der Waals surface area contributed by atoms with Crippen molar-refractivity contribution < 1.29 is 0 Å². The summed E-state index contributed by atoms with van der Waals surface area (Å²) in [7, 11) is 0. The first kappa shape index (κ1) is 11.8. The third kappa shape index (κ3) is 3.14. The molecule has 0 aliphatic carbocycles. The number of hydrogen-bond acceptors (Lipinski definition) is 4. The van der Waals surface area contributed by atoms with Crippen LogP contribution in [0, 0.1) is 13.8 Å². The van der Waals surface area contributed by atoms with Gasteiger partial charge in [-0.3, -0.25) is 4.98 Å². The first-order chi connectivity index (χ1) is 8.15. The first-order valence-electron chi connectivity index (χ1n) is 5.31. The summed E-state index contributed by atoms with van der Waals surface area (Å²) >= 11 is 5.79. The fourth-order valence-electron chi connectivity index (χ4n) is 1.50. The van der Waals surface area contributed by atoms with Crippen LogP contribution >= 0.6 is 11.6 Å². The van der Waals surface area contributed by atoms with E-state index in [0.717, 1.165) is 17.0 Å². The Kier molecular flexibility index (Phi) is 3.54. The van der Waals surface area contributed by atoms with Gasteiger partial charge in [0, 0.05) is 18.0 Å². The fourth-order valence-corrected chi connectivity index (χ4v) is 1.72. The summed E-state index contributed by atoms with van der Waals surface area (Å²) in [6.45, 7) is 4.53. The Hall–Kier alpha value is -1.68. The topological polar surface area (TPSA) is 50.7 Å². The molecule has 0 spiro atoms. The third-order valence-corrected chi connectivity index (χ3v) is 2.55. The molecule has 4 nitrogen and oxygen atoms in total. The first-order valence-corrected chi connectivity index (χ1v) is 5.68. The minimum atomic E-state index is 0.255. The normalized spacial score (nSPS) is 10.3. The van der Waals surface area contributed by atoms with Gasteiger partial charge in [0.05, 0.1) is 12.2 Å². The molecule has 0 amide bonds. The van der Waals surface area contributed by atoms with Crippen molar-refractivity contribution in [1.29, 1.82) is 0 Å². The lowest BCUT2D eigenvalue weighted by molar-refractivity contribution is 0.992. The van der Waals surface area contributed by atoms with E-state index in [0.29, 0.717) is 12.4 Å².